The van der Waals surface area contributed by atoms with Crippen LogP contribution in [0.3, 0.4) is 0 Å². The molecule has 0 radical (unpaired) electrons. The van der Waals surface area contributed by atoms with Crippen LogP contribution in [0.4, 0.5) is 5.82 Å². The zero-order valence-corrected chi connectivity index (χ0v) is 17.8. The van der Waals surface area contributed by atoms with Gasteiger partial charge in [-0.1, -0.05) is 37.7 Å². The number of esters is 1. The summed E-state index contributed by atoms with van der Waals surface area (Å²) in [5, 5.41) is 4.47. The topological polar surface area (TPSA) is 82.5 Å². The first kappa shape index (κ1) is 20.2. The van der Waals surface area contributed by atoms with Crippen molar-refractivity contribution in [3.05, 3.63) is 46.8 Å². The third-order valence-corrected chi connectivity index (χ3v) is 5.81. The smallest absolute Gasteiger partial charge is 0.310 e. The van der Waals surface area contributed by atoms with Gasteiger partial charge in [0, 0.05) is 21.8 Å². The summed E-state index contributed by atoms with van der Waals surface area (Å²) in [6, 6.07) is 8.46. The van der Waals surface area contributed by atoms with Crippen LogP contribution in [-0.2, 0) is 16.0 Å². The molecule has 148 valence electrons. The number of rotatable bonds is 6. The van der Waals surface area contributed by atoms with Crippen LogP contribution < -0.4 is 5.73 Å². The predicted molar refractivity (Wildman–Crippen MR) is 112 cm³/mol. The number of hydrogen-bond donors (Lipinski definition) is 1. The van der Waals surface area contributed by atoms with Crippen LogP contribution in [0.25, 0.3) is 5.65 Å². The average molecular weight is 399 g/mol. The number of aromatic nitrogens is 3. The van der Waals surface area contributed by atoms with Crippen molar-refractivity contribution in [2.45, 2.75) is 56.7 Å². The van der Waals surface area contributed by atoms with E-state index in [1.807, 2.05) is 13.8 Å². The summed E-state index contributed by atoms with van der Waals surface area (Å²) in [7, 11) is 0. The van der Waals surface area contributed by atoms with E-state index in [1.54, 1.807) is 23.2 Å². The minimum Gasteiger partial charge on any atom is -0.466 e. The van der Waals surface area contributed by atoms with E-state index in [0.29, 0.717) is 24.0 Å². The minimum absolute atomic E-state index is 0.174. The number of benzene rings is 1. The minimum atomic E-state index is -0.269. The summed E-state index contributed by atoms with van der Waals surface area (Å²) in [6.07, 6.45) is 0.174. The van der Waals surface area contributed by atoms with Crippen LogP contribution in [0, 0.1) is 13.8 Å². The Kier molecular flexibility index (Phi) is 5.93. The highest BCUT2D eigenvalue weighted by Gasteiger charge is 2.20. The van der Waals surface area contributed by atoms with Gasteiger partial charge in [-0.2, -0.15) is 0 Å². The summed E-state index contributed by atoms with van der Waals surface area (Å²) in [5.41, 5.74) is 10.7. The van der Waals surface area contributed by atoms with Gasteiger partial charge in [0.25, 0.3) is 0 Å². The van der Waals surface area contributed by atoms with Gasteiger partial charge in [-0.3, -0.25) is 4.79 Å². The molecule has 7 heteroatoms. The largest absolute Gasteiger partial charge is 0.466 e. The van der Waals surface area contributed by atoms with Crippen LogP contribution in [-0.4, -0.2) is 27.2 Å². The van der Waals surface area contributed by atoms with Crippen molar-refractivity contribution in [2.24, 2.45) is 0 Å². The molecule has 3 aromatic rings. The Morgan fingerprint density at radius 1 is 1.25 bits per heavy atom. The number of carbonyl (C=O) groups is 1. The molecule has 0 atom stereocenters. The Balaban J connectivity index is 1.98. The molecule has 0 aliphatic rings. The first-order valence-corrected chi connectivity index (χ1v) is 10.2. The van der Waals surface area contributed by atoms with Gasteiger partial charge >= 0.3 is 5.97 Å². The lowest BCUT2D eigenvalue weighted by atomic mass is 10.0. The number of hydrogen-bond acceptors (Lipinski definition) is 6. The molecule has 0 unspecified atom stereocenters. The van der Waals surface area contributed by atoms with Gasteiger partial charge in [-0.25, -0.2) is 9.50 Å². The monoisotopic (exact) mass is 398 g/mol. The number of nitrogens with zero attached hydrogens (tertiary/aromatic N) is 3. The van der Waals surface area contributed by atoms with Gasteiger partial charge in [0.1, 0.15) is 4.90 Å². The van der Waals surface area contributed by atoms with Crippen molar-refractivity contribution in [3.8, 4) is 0 Å². The summed E-state index contributed by atoms with van der Waals surface area (Å²) in [4.78, 5) is 18.5. The van der Waals surface area contributed by atoms with E-state index >= 15 is 0 Å². The first-order valence-electron chi connectivity index (χ1n) is 9.39. The molecule has 28 heavy (non-hydrogen) atoms. The Morgan fingerprint density at radius 2 is 1.93 bits per heavy atom. The lowest BCUT2D eigenvalue weighted by Gasteiger charge is -2.11. The number of anilines is 1. The Morgan fingerprint density at radius 3 is 2.54 bits per heavy atom. The standard InChI is InChI=1S/C21H26N4O2S/c1-6-27-18(26)11-17-13(4)23-21-19(20(22)24-25(21)14(17)5)28-16-9-7-15(8-10-16)12(2)3/h7-10,12H,6,11H2,1-5H3,(H2,22,24). The van der Waals surface area contributed by atoms with E-state index < -0.39 is 0 Å². The Labute approximate surface area is 169 Å². The maximum absolute atomic E-state index is 11.9. The third-order valence-electron chi connectivity index (χ3n) is 4.70. The van der Waals surface area contributed by atoms with Crippen molar-refractivity contribution in [1.82, 2.24) is 14.6 Å². The molecule has 3 rings (SSSR count). The van der Waals surface area contributed by atoms with Crippen LogP contribution in [0.15, 0.2) is 34.1 Å². The van der Waals surface area contributed by atoms with E-state index in [-0.39, 0.29) is 12.4 Å². The van der Waals surface area contributed by atoms with E-state index in [4.69, 9.17) is 15.5 Å². The quantitative estimate of drug-likeness (QED) is 0.623. The highest BCUT2D eigenvalue weighted by Crippen LogP contribution is 2.36. The number of ether oxygens (including phenoxy) is 1. The first-order chi connectivity index (χ1) is 13.3. The molecule has 0 saturated heterocycles. The molecule has 2 heterocycles. The SMILES string of the molecule is CCOC(=O)Cc1c(C)nc2c(Sc3ccc(C(C)C)cc3)c(N)nn2c1C. The zero-order valence-electron chi connectivity index (χ0n) is 16.9. The second-order valence-corrected chi connectivity index (χ2v) is 8.10. The van der Waals surface area contributed by atoms with Crippen molar-refractivity contribution in [3.63, 3.8) is 0 Å². The molecule has 0 bridgehead atoms. The van der Waals surface area contributed by atoms with Crippen molar-refractivity contribution in [1.29, 1.82) is 0 Å². The molecular formula is C21H26N4O2S. The summed E-state index contributed by atoms with van der Waals surface area (Å²) >= 11 is 1.55. The van der Waals surface area contributed by atoms with Crippen molar-refractivity contribution in [2.75, 3.05) is 12.3 Å². The van der Waals surface area contributed by atoms with Gasteiger partial charge in [0.2, 0.25) is 0 Å². The van der Waals surface area contributed by atoms with E-state index in [0.717, 1.165) is 26.7 Å². The average Bonchev–Trinajstić information content (AvgIpc) is 2.95. The van der Waals surface area contributed by atoms with Crippen LogP contribution in [0.2, 0.25) is 0 Å². The second kappa shape index (κ2) is 8.22. The molecule has 6 nitrogen and oxygen atoms in total. The molecule has 0 saturated carbocycles. The lowest BCUT2D eigenvalue weighted by Crippen LogP contribution is -2.13. The Bertz CT molecular complexity index is 1010. The molecule has 0 amide bonds. The normalized spacial score (nSPS) is 11.4. The zero-order chi connectivity index (χ0) is 20.4. The number of aryl methyl sites for hydroxylation is 2. The van der Waals surface area contributed by atoms with Gasteiger partial charge in [-0.05, 0) is 44.4 Å². The van der Waals surface area contributed by atoms with Gasteiger partial charge < -0.3 is 10.5 Å². The molecule has 2 N–H and O–H groups in total. The fourth-order valence-corrected chi connectivity index (χ4v) is 3.98. The van der Waals surface area contributed by atoms with E-state index in [2.05, 4.69) is 43.2 Å². The molecular weight excluding hydrogens is 372 g/mol. The highest BCUT2D eigenvalue weighted by atomic mass is 32.2. The van der Waals surface area contributed by atoms with Crippen LogP contribution in [0.5, 0.6) is 0 Å². The van der Waals surface area contributed by atoms with Gasteiger partial charge in [0.05, 0.1) is 13.0 Å². The summed E-state index contributed by atoms with van der Waals surface area (Å²) < 4.78 is 6.80. The molecule has 0 aliphatic heterocycles. The van der Waals surface area contributed by atoms with Crippen LogP contribution >= 0.6 is 11.8 Å². The summed E-state index contributed by atoms with van der Waals surface area (Å²) in [6.45, 7) is 10.3. The van der Waals surface area contributed by atoms with Crippen LogP contribution in [0.1, 0.15) is 49.2 Å². The maximum Gasteiger partial charge on any atom is 0.310 e. The predicted octanol–water partition coefficient (Wildman–Crippen LogP) is 4.31. The maximum atomic E-state index is 11.9. The third kappa shape index (κ3) is 3.99. The lowest BCUT2D eigenvalue weighted by molar-refractivity contribution is -0.142. The number of carbonyl (C=O) groups excluding carboxylic acids is 1. The second-order valence-electron chi connectivity index (χ2n) is 7.02. The van der Waals surface area contributed by atoms with Gasteiger partial charge in [-0.15, -0.1) is 5.10 Å². The molecule has 0 fully saturated rings. The fraction of sp³-hybridized carbons (Fsp3) is 0.381. The number of nitrogens with two attached hydrogens (primary N) is 1. The Hall–Kier alpha value is -2.54. The van der Waals surface area contributed by atoms with E-state index in [1.165, 1.54) is 5.56 Å². The number of fused-ring (bicyclic) bond motifs is 1. The fourth-order valence-electron chi connectivity index (χ4n) is 3.11. The number of nitrogen functional groups attached to an aromatic ring is 1. The molecule has 0 aliphatic carbocycles. The molecule has 2 aromatic heterocycles. The highest BCUT2D eigenvalue weighted by molar-refractivity contribution is 7.99. The molecule has 0 spiro atoms. The van der Waals surface area contributed by atoms with E-state index in [9.17, 15) is 4.79 Å². The van der Waals surface area contributed by atoms with Gasteiger partial charge in [0.15, 0.2) is 11.5 Å². The molecule has 1 aromatic carbocycles. The summed E-state index contributed by atoms with van der Waals surface area (Å²) in [5.74, 6) is 0.655. The van der Waals surface area contributed by atoms with Crippen molar-refractivity contribution < 1.29 is 9.53 Å². The van der Waals surface area contributed by atoms with Crippen molar-refractivity contribution >= 4 is 29.2 Å².